The van der Waals surface area contributed by atoms with E-state index in [9.17, 15) is 0 Å². The Morgan fingerprint density at radius 2 is 1.73 bits per heavy atom. The number of anilines is 1. The zero-order valence-corrected chi connectivity index (χ0v) is 15.9. The molecule has 0 spiro atoms. The van der Waals surface area contributed by atoms with Crippen LogP contribution in [0, 0.1) is 6.92 Å². The van der Waals surface area contributed by atoms with Crippen LogP contribution in [0.2, 0.25) is 0 Å². The van der Waals surface area contributed by atoms with Crippen LogP contribution in [0.1, 0.15) is 24.8 Å². The topological polar surface area (TPSA) is 15.7 Å². The normalized spacial score (nSPS) is 20.1. The molecular weight excluding hydrogens is 320 g/mol. The molecule has 2 aromatic rings. The first-order valence-corrected chi connectivity index (χ1v) is 10.0. The van der Waals surface area contributed by atoms with Crippen LogP contribution in [-0.2, 0) is 4.74 Å². The molecule has 0 bridgehead atoms. The fraction of sp³-hybridized carbons (Fsp3) is 0.478. The van der Waals surface area contributed by atoms with E-state index in [2.05, 4.69) is 65.3 Å². The number of piperidine rings is 1. The molecule has 0 amide bonds. The summed E-state index contributed by atoms with van der Waals surface area (Å²) in [5.41, 5.74) is 5.37. The molecule has 0 saturated carbocycles. The van der Waals surface area contributed by atoms with E-state index in [-0.39, 0.29) is 0 Å². The second-order valence-corrected chi connectivity index (χ2v) is 7.59. The molecule has 3 nitrogen and oxygen atoms in total. The van der Waals surface area contributed by atoms with Crippen molar-refractivity contribution in [1.82, 2.24) is 4.90 Å². The highest BCUT2D eigenvalue weighted by atomic mass is 16.5. The Morgan fingerprint density at radius 1 is 0.885 bits per heavy atom. The fourth-order valence-electron chi connectivity index (χ4n) is 4.39. The van der Waals surface area contributed by atoms with Crippen molar-refractivity contribution >= 4 is 5.69 Å². The first-order chi connectivity index (χ1) is 12.8. The van der Waals surface area contributed by atoms with Crippen molar-refractivity contribution in [2.45, 2.75) is 32.2 Å². The summed E-state index contributed by atoms with van der Waals surface area (Å²) in [4.78, 5) is 5.22. The molecule has 0 atom stereocenters. The van der Waals surface area contributed by atoms with E-state index in [1.165, 1.54) is 48.2 Å². The van der Waals surface area contributed by atoms with Gasteiger partial charge in [-0.05, 0) is 55.0 Å². The lowest BCUT2D eigenvalue weighted by Crippen LogP contribution is -2.45. The lowest BCUT2D eigenvalue weighted by atomic mass is 9.98. The SMILES string of the molecule is Cc1ccccc1-c1cccc(N2CCC(N3CCCOCC3)CC2)c1. The van der Waals surface area contributed by atoms with Crippen molar-refractivity contribution in [3.8, 4) is 11.1 Å². The molecular formula is C23H30N2O. The molecule has 0 aliphatic carbocycles. The van der Waals surface area contributed by atoms with E-state index < -0.39 is 0 Å². The minimum absolute atomic E-state index is 0.729. The highest BCUT2D eigenvalue weighted by Crippen LogP contribution is 2.29. The second-order valence-electron chi connectivity index (χ2n) is 7.59. The largest absolute Gasteiger partial charge is 0.380 e. The molecule has 26 heavy (non-hydrogen) atoms. The molecule has 2 aromatic carbocycles. The van der Waals surface area contributed by atoms with Gasteiger partial charge in [-0.2, -0.15) is 0 Å². The predicted octanol–water partition coefficient (Wildman–Crippen LogP) is 4.35. The summed E-state index contributed by atoms with van der Waals surface area (Å²) in [5.74, 6) is 0. The van der Waals surface area contributed by atoms with Gasteiger partial charge in [0.15, 0.2) is 0 Å². The van der Waals surface area contributed by atoms with Crippen molar-refractivity contribution in [2.24, 2.45) is 0 Å². The number of rotatable bonds is 3. The van der Waals surface area contributed by atoms with E-state index in [0.29, 0.717) is 0 Å². The number of benzene rings is 2. The maximum absolute atomic E-state index is 5.62. The summed E-state index contributed by atoms with van der Waals surface area (Å²) in [5, 5.41) is 0. The van der Waals surface area contributed by atoms with Crippen molar-refractivity contribution in [2.75, 3.05) is 44.3 Å². The standard InChI is InChI=1S/C23H30N2O/c1-19-6-2-3-9-23(19)20-7-4-8-22(18-20)25-13-10-21(11-14-25)24-12-5-16-26-17-15-24/h2-4,6-9,18,21H,5,10-17H2,1H3. The minimum Gasteiger partial charge on any atom is -0.380 e. The smallest absolute Gasteiger partial charge is 0.0593 e. The third kappa shape index (κ3) is 3.94. The van der Waals surface area contributed by atoms with Crippen LogP contribution in [0.5, 0.6) is 0 Å². The zero-order chi connectivity index (χ0) is 17.8. The van der Waals surface area contributed by atoms with Crippen molar-refractivity contribution in [1.29, 1.82) is 0 Å². The Labute approximate surface area is 157 Å². The summed E-state index contributed by atoms with van der Waals surface area (Å²) < 4.78 is 5.62. The summed E-state index contributed by atoms with van der Waals surface area (Å²) >= 11 is 0. The quantitative estimate of drug-likeness (QED) is 0.818. The van der Waals surface area contributed by atoms with E-state index in [1.54, 1.807) is 0 Å². The Balaban J connectivity index is 1.43. The first kappa shape index (κ1) is 17.6. The first-order valence-electron chi connectivity index (χ1n) is 10.0. The Kier molecular flexibility index (Phi) is 5.57. The lowest BCUT2D eigenvalue weighted by molar-refractivity contribution is 0.125. The summed E-state index contributed by atoms with van der Waals surface area (Å²) in [7, 11) is 0. The molecule has 3 heteroatoms. The average molecular weight is 351 g/mol. The van der Waals surface area contributed by atoms with Crippen LogP contribution in [0.3, 0.4) is 0 Å². The number of nitrogens with zero attached hydrogens (tertiary/aromatic N) is 2. The molecule has 2 saturated heterocycles. The van der Waals surface area contributed by atoms with Gasteiger partial charge in [-0.1, -0.05) is 36.4 Å². The molecule has 0 N–H and O–H groups in total. The van der Waals surface area contributed by atoms with Gasteiger partial charge in [-0.3, -0.25) is 4.90 Å². The Morgan fingerprint density at radius 3 is 2.58 bits per heavy atom. The third-order valence-electron chi connectivity index (χ3n) is 5.91. The number of ether oxygens (including phenoxy) is 1. The fourth-order valence-corrected chi connectivity index (χ4v) is 4.39. The van der Waals surface area contributed by atoms with Crippen LogP contribution >= 0.6 is 0 Å². The second kappa shape index (κ2) is 8.24. The predicted molar refractivity (Wildman–Crippen MR) is 109 cm³/mol. The molecule has 2 aliphatic heterocycles. The van der Waals surface area contributed by atoms with E-state index in [0.717, 1.165) is 38.9 Å². The van der Waals surface area contributed by atoms with Crippen LogP contribution in [0.15, 0.2) is 48.5 Å². The van der Waals surface area contributed by atoms with Gasteiger partial charge in [0.25, 0.3) is 0 Å². The van der Waals surface area contributed by atoms with Crippen LogP contribution < -0.4 is 4.90 Å². The van der Waals surface area contributed by atoms with Gasteiger partial charge in [-0.25, -0.2) is 0 Å². The molecule has 2 aliphatic rings. The van der Waals surface area contributed by atoms with Gasteiger partial charge >= 0.3 is 0 Å². The van der Waals surface area contributed by atoms with Crippen molar-refractivity contribution < 1.29 is 4.74 Å². The summed E-state index contributed by atoms with van der Waals surface area (Å²) in [6.07, 6.45) is 3.70. The van der Waals surface area contributed by atoms with Gasteiger partial charge < -0.3 is 9.64 Å². The van der Waals surface area contributed by atoms with E-state index in [4.69, 9.17) is 4.74 Å². The number of hydrogen-bond acceptors (Lipinski definition) is 3. The highest BCUT2D eigenvalue weighted by Gasteiger charge is 2.25. The lowest BCUT2D eigenvalue weighted by Gasteiger charge is -2.39. The van der Waals surface area contributed by atoms with Gasteiger partial charge in [0.1, 0.15) is 0 Å². The monoisotopic (exact) mass is 350 g/mol. The summed E-state index contributed by atoms with van der Waals surface area (Å²) in [6, 6.07) is 18.5. The average Bonchev–Trinajstić information content (AvgIpc) is 2.98. The van der Waals surface area contributed by atoms with Crippen LogP contribution in [0.4, 0.5) is 5.69 Å². The molecule has 0 unspecified atom stereocenters. The number of aryl methyl sites for hydroxylation is 1. The Hall–Kier alpha value is -1.84. The van der Waals surface area contributed by atoms with Crippen LogP contribution in [0.25, 0.3) is 11.1 Å². The van der Waals surface area contributed by atoms with Crippen LogP contribution in [-0.4, -0.2) is 50.3 Å². The van der Waals surface area contributed by atoms with Gasteiger partial charge in [0.2, 0.25) is 0 Å². The highest BCUT2D eigenvalue weighted by molar-refractivity contribution is 5.71. The molecule has 0 aromatic heterocycles. The summed E-state index contributed by atoms with van der Waals surface area (Å²) in [6.45, 7) is 8.64. The number of hydrogen-bond donors (Lipinski definition) is 0. The zero-order valence-electron chi connectivity index (χ0n) is 15.9. The third-order valence-corrected chi connectivity index (χ3v) is 5.91. The van der Waals surface area contributed by atoms with Gasteiger partial charge in [-0.15, -0.1) is 0 Å². The van der Waals surface area contributed by atoms with Gasteiger partial charge in [0.05, 0.1) is 6.61 Å². The molecule has 2 heterocycles. The molecule has 2 fully saturated rings. The molecule has 0 radical (unpaired) electrons. The van der Waals surface area contributed by atoms with E-state index in [1.807, 2.05) is 0 Å². The minimum atomic E-state index is 0.729. The van der Waals surface area contributed by atoms with Crippen molar-refractivity contribution in [3.63, 3.8) is 0 Å². The molecule has 4 rings (SSSR count). The molecule has 138 valence electrons. The van der Waals surface area contributed by atoms with Crippen molar-refractivity contribution in [3.05, 3.63) is 54.1 Å². The Bertz CT molecular complexity index is 714. The maximum atomic E-state index is 5.62. The van der Waals surface area contributed by atoms with Gasteiger partial charge in [0, 0.05) is 44.5 Å². The maximum Gasteiger partial charge on any atom is 0.0593 e. The van der Waals surface area contributed by atoms with E-state index >= 15 is 0 Å².